The highest BCUT2D eigenvalue weighted by atomic mass is 32.1. The van der Waals surface area contributed by atoms with E-state index in [9.17, 15) is 0 Å². The molecule has 0 aliphatic rings. The predicted octanol–water partition coefficient (Wildman–Crippen LogP) is 4.18. The summed E-state index contributed by atoms with van der Waals surface area (Å²) in [6.45, 7) is 8.51. The fraction of sp³-hybridized carbons (Fsp3) is 0.438. The van der Waals surface area contributed by atoms with Gasteiger partial charge in [0.05, 0.1) is 18.3 Å². The number of methoxy groups -OCH3 is 1. The molecule has 2 atom stereocenters. The van der Waals surface area contributed by atoms with Gasteiger partial charge in [0.2, 0.25) is 0 Å². The van der Waals surface area contributed by atoms with E-state index in [0.29, 0.717) is 0 Å². The molecule has 2 unspecified atom stereocenters. The number of nitrogens with zero attached hydrogens (tertiary/aromatic N) is 1. The molecule has 0 saturated carbocycles. The molecule has 2 rings (SSSR count). The first-order valence-corrected chi connectivity index (χ1v) is 7.71. The Morgan fingerprint density at radius 2 is 1.95 bits per heavy atom. The average Bonchev–Trinajstić information content (AvgIpc) is 2.85. The predicted molar refractivity (Wildman–Crippen MR) is 84.5 cm³/mol. The largest absolute Gasteiger partial charge is 0.496 e. The fourth-order valence-electron chi connectivity index (χ4n) is 2.46. The van der Waals surface area contributed by atoms with Gasteiger partial charge in [-0.1, -0.05) is 17.7 Å². The number of ether oxygens (including phenoxy) is 1. The molecule has 3 nitrogen and oxygen atoms in total. The SMILES string of the molecule is COc1ccc(C)cc1C(C)NC(C)c1scnc1C. The van der Waals surface area contributed by atoms with Crippen molar-refractivity contribution in [3.8, 4) is 5.75 Å². The summed E-state index contributed by atoms with van der Waals surface area (Å²) >= 11 is 1.70. The molecule has 20 heavy (non-hydrogen) atoms. The van der Waals surface area contributed by atoms with Gasteiger partial charge in [-0.05, 0) is 33.8 Å². The van der Waals surface area contributed by atoms with Crippen molar-refractivity contribution in [1.82, 2.24) is 10.3 Å². The second kappa shape index (κ2) is 6.37. The van der Waals surface area contributed by atoms with Crippen LogP contribution in [0.3, 0.4) is 0 Å². The highest BCUT2D eigenvalue weighted by Crippen LogP contribution is 2.29. The molecule has 108 valence electrons. The molecule has 0 spiro atoms. The van der Waals surface area contributed by atoms with Crippen LogP contribution in [-0.2, 0) is 0 Å². The summed E-state index contributed by atoms with van der Waals surface area (Å²) in [7, 11) is 1.72. The van der Waals surface area contributed by atoms with Crippen molar-refractivity contribution in [2.75, 3.05) is 7.11 Å². The van der Waals surface area contributed by atoms with Crippen LogP contribution >= 0.6 is 11.3 Å². The van der Waals surface area contributed by atoms with Crippen LogP contribution in [0.5, 0.6) is 5.75 Å². The summed E-state index contributed by atoms with van der Waals surface area (Å²) in [5, 5.41) is 3.63. The van der Waals surface area contributed by atoms with Crippen molar-refractivity contribution in [3.05, 3.63) is 45.4 Å². The maximum atomic E-state index is 5.47. The van der Waals surface area contributed by atoms with Gasteiger partial charge in [0.1, 0.15) is 5.75 Å². The number of thiazole rings is 1. The first-order chi connectivity index (χ1) is 9.52. The number of benzene rings is 1. The molecule has 4 heteroatoms. The summed E-state index contributed by atoms with van der Waals surface area (Å²) < 4.78 is 5.47. The first-order valence-electron chi connectivity index (χ1n) is 6.83. The number of hydrogen-bond acceptors (Lipinski definition) is 4. The molecule has 1 aromatic carbocycles. The third-order valence-corrected chi connectivity index (χ3v) is 4.64. The number of aromatic nitrogens is 1. The second-order valence-electron chi connectivity index (χ2n) is 5.16. The molecular weight excluding hydrogens is 268 g/mol. The van der Waals surface area contributed by atoms with Gasteiger partial charge in [-0.15, -0.1) is 11.3 Å². The lowest BCUT2D eigenvalue weighted by Gasteiger charge is -2.22. The maximum absolute atomic E-state index is 5.47. The zero-order valence-corrected chi connectivity index (χ0v) is 13.5. The Hall–Kier alpha value is -1.39. The smallest absolute Gasteiger partial charge is 0.123 e. The van der Waals surface area contributed by atoms with Crippen LogP contribution in [0.25, 0.3) is 0 Å². The Kier molecular flexibility index (Phi) is 4.78. The Labute approximate surface area is 125 Å². The van der Waals surface area contributed by atoms with E-state index < -0.39 is 0 Å². The zero-order valence-electron chi connectivity index (χ0n) is 12.7. The third-order valence-electron chi connectivity index (χ3n) is 3.53. The molecule has 1 heterocycles. The van der Waals surface area contributed by atoms with E-state index in [-0.39, 0.29) is 12.1 Å². The average molecular weight is 290 g/mol. The van der Waals surface area contributed by atoms with E-state index >= 15 is 0 Å². The maximum Gasteiger partial charge on any atom is 0.123 e. The molecule has 0 radical (unpaired) electrons. The number of aryl methyl sites for hydroxylation is 2. The number of hydrogen-bond donors (Lipinski definition) is 1. The standard InChI is InChI=1S/C16H22N2OS/c1-10-6-7-15(19-5)14(8-10)11(2)18-13(4)16-12(3)17-9-20-16/h6-9,11,13,18H,1-5H3. The zero-order chi connectivity index (χ0) is 14.7. The minimum Gasteiger partial charge on any atom is -0.496 e. The van der Waals surface area contributed by atoms with Crippen molar-refractivity contribution in [2.24, 2.45) is 0 Å². The minimum atomic E-state index is 0.223. The van der Waals surface area contributed by atoms with Crippen molar-refractivity contribution in [1.29, 1.82) is 0 Å². The van der Waals surface area contributed by atoms with E-state index in [1.807, 2.05) is 11.6 Å². The van der Waals surface area contributed by atoms with E-state index in [2.05, 4.69) is 50.1 Å². The van der Waals surface area contributed by atoms with Crippen molar-refractivity contribution in [2.45, 2.75) is 39.8 Å². The van der Waals surface area contributed by atoms with Crippen molar-refractivity contribution >= 4 is 11.3 Å². The Morgan fingerprint density at radius 3 is 2.55 bits per heavy atom. The van der Waals surface area contributed by atoms with Crippen LogP contribution < -0.4 is 10.1 Å². The summed E-state index contributed by atoms with van der Waals surface area (Å²) in [5.74, 6) is 0.934. The molecule has 0 fully saturated rings. The molecule has 0 saturated heterocycles. The van der Waals surface area contributed by atoms with Crippen LogP contribution in [0.1, 0.15) is 47.6 Å². The van der Waals surface area contributed by atoms with Crippen LogP contribution in [0.2, 0.25) is 0 Å². The highest BCUT2D eigenvalue weighted by Gasteiger charge is 2.17. The topological polar surface area (TPSA) is 34.1 Å². The molecule has 0 aliphatic heterocycles. The van der Waals surface area contributed by atoms with Crippen LogP contribution in [-0.4, -0.2) is 12.1 Å². The van der Waals surface area contributed by atoms with Gasteiger partial charge in [-0.2, -0.15) is 0 Å². The van der Waals surface area contributed by atoms with Crippen molar-refractivity contribution in [3.63, 3.8) is 0 Å². The quantitative estimate of drug-likeness (QED) is 0.897. The molecule has 0 aliphatic carbocycles. The molecular formula is C16H22N2OS. The van der Waals surface area contributed by atoms with Crippen LogP contribution in [0.15, 0.2) is 23.7 Å². The lowest BCUT2D eigenvalue weighted by Crippen LogP contribution is -2.23. The van der Waals surface area contributed by atoms with Gasteiger partial charge in [0, 0.05) is 22.5 Å². The monoisotopic (exact) mass is 290 g/mol. The lowest BCUT2D eigenvalue weighted by molar-refractivity contribution is 0.397. The first kappa shape index (κ1) is 15.0. The summed E-state index contributed by atoms with van der Waals surface area (Å²) in [6, 6.07) is 6.80. The lowest BCUT2D eigenvalue weighted by atomic mass is 10.0. The number of rotatable bonds is 5. The summed E-state index contributed by atoms with van der Waals surface area (Å²) in [5.41, 5.74) is 5.46. The molecule has 1 aromatic heterocycles. The van der Waals surface area contributed by atoms with E-state index in [4.69, 9.17) is 4.74 Å². The molecule has 0 bridgehead atoms. The van der Waals surface area contributed by atoms with E-state index in [1.165, 1.54) is 16.0 Å². The van der Waals surface area contributed by atoms with E-state index in [1.54, 1.807) is 18.4 Å². The summed E-state index contributed by atoms with van der Waals surface area (Å²) in [4.78, 5) is 5.61. The normalized spacial score (nSPS) is 14.1. The van der Waals surface area contributed by atoms with Crippen LogP contribution in [0.4, 0.5) is 0 Å². The molecule has 1 N–H and O–H groups in total. The van der Waals surface area contributed by atoms with Gasteiger partial charge >= 0.3 is 0 Å². The van der Waals surface area contributed by atoms with Gasteiger partial charge in [-0.3, -0.25) is 0 Å². The Morgan fingerprint density at radius 1 is 1.20 bits per heavy atom. The van der Waals surface area contributed by atoms with Crippen molar-refractivity contribution < 1.29 is 4.74 Å². The van der Waals surface area contributed by atoms with Gasteiger partial charge in [-0.25, -0.2) is 4.98 Å². The Balaban J connectivity index is 2.18. The summed E-state index contributed by atoms with van der Waals surface area (Å²) in [6.07, 6.45) is 0. The van der Waals surface area contributed by atoms with Crippen LogP contribution in [0, 0.1) is 13.8 Å². The van der Waals surface area contributed by atoms with Gasteiger partial charge < -0.3 is 10.1 Å². The minimum absolute atomic E-state index is 0.223. The van der Waals surface area contributed by atoms with Gasteiger partial charge in [0.15, 0.2) is 0 Å². The second-order valence-corrected chi connectivity index (χ2v) is 6.04. The number of nitrogens with one attached hydrogen (secondary N) is 1. The molecule has 0 amide bonds. The third kappa shape index (κ3) is 3.19. The highest BCUT2D eigenvalue weighted by molar-refractivity contribution is 7.09. The fourth-order valence-corrected chi connectivity index (χ4v) is 3.28. The Bertz CT molecular complexity index is 580. The van der Waals surface area contributed by atoms with E-state index in [0.717, 1.165) is 11.4 Å². The van der Waals surface area contributed by atoms with Gasteiger partial charge in [0.25, 0.3) is 0 Å². The molecule has 2 aromatic rings.